The van der Waals surface area contributed by atoms with Crippen molar-refractivity contribution in [3.05, 3.63) is 11.9 Å². The molecule has 0 unspecified atom stereocenters. The topological polar surface area (TPSA) is 47.0 Å². The van der Waals surface area contributed by atoms with Crippen LogP contribution in [0.2, 0.25) is 0 Å². The first kappa shape index (κ1) is 14.7. The number of hydrogen-bond donors (Lipinski definition) is 1. The normalized spacial score (nSPS) is 11.4. The van der Waals surface area contributed by atoms with E-state index in [-0.39, 0.29) is 5.60 Å². The number of anilines is 1. The first-order valence-corrected chi connectivity index (χ1v) is 6.75. The van der Waals surface area contributed by atoms with Gasteiger partial charge in [0.15, 0.2) is 0 Å². The van der Waals surface area contributed by atoms with Gasteiger partial charge in [-0.25, -0.2) is 4.98 Å². The zero-order valence-corrected chi connectivity index (χ0v) is 12.2. The first-order chi connectivity index (χ1) is 8.44. The van der Waals surface area contributed by atoms with Crippen molar-refractivity contribution in [3.63, 3.8) is 0 Å². The summed E-state index contributed by atoms with van der Waals surface area (Å²) in [5.41, 5.74) is -0.236. The molecule has 0 fully saturated rings. The standard InChI is InChI=1S/C14H25N3O/c1-6-8-11-16-12(15-9-7-2)10-13(17-11)18-14(3,4)5/h10H,6-9H2,1-5H3,(H,15,16,17). The second kappa shape index (κ2) is 6.57. The maximum absolute atomic E-state index is 5.82. The van der Waals surface area contributed by atoms with Crippen molar-refractivity contribution in [1.29, 1.82) is 0 Å². The average Bonchev–Trinajstić information content (AvgIpc) is 2.24. The van der Waals surface area contributed by atoms with Gasteiger partial charge in [0.2, 0.25) is 5.88 Å². The second-order valence-electron chi connectivity index (χ2n) is 5.40. The molecule has 0 aliphatic heterocycles. The highest BCUT2D eigenvalue weighted by Gasteiger charge is 2.14. The van der Waals surface area contributed by atoms with Crippen LogP contribution in [-0.2, 0) is 6.42 Å². The second-order valence-corrected chi connectivity index (χ2v) is 5.40. The maximum atomic E-state index is 5.82. The molecular formula is C14H25N3O. The van der Waals surface area contributed by atoms with E-state index in [1.807, 2.05) is 26.8 Å². The lowest BCUT2D eigenvalue weighted by Gasteiger charge is -2.21. The van der Waals surface area contributed by atoms with Crippen molar-refractivity contribution in [3.8, 4) is 5.88 Å². The van der Waals surface area contributed by atoms with E-state index in [0.29, 0.717) is 5.88 Å². The molecule has 1 rings (SSSR count). The van der Waals surface area contributed by atoms with Gasteiger partial charge in [0.25, 0.3) is 0 Å². The minimum atomic E-state index is -0.236. The molecule has 0 saturated heterocycles. The van der Waals surface area contributed by atoms with Gasteiger partial charge >= 0.3 is 0 Å². The molecular weight excluding hydrogens is 226 g/mol. The van der Waals surface area contributed by atoms with Crippen LogP contribution in [0.25, 0.3) is 0 Å². The predicted molar refractivity (Wildman–Crippen MR) is 75.2 cm³/mol. The third-order valence-electron chi connectivity index (χ3n) is 2.19. The Morgan fingerprint density at radius 1 is 1.17 bits per heavy atom. The van der Waals surface area contributed by atoms with E-state index >= 15 is 0 Å². The Kier molecular flexibility index (Phi) is 5.38. The van der Waals surface area contributed by atoms with Gasteiger partial charge in [-0.3, -0.25) is 0 Å². The Balaban J connectivity index is 2.90. The lowest BCUT2D eigenvalue weighted by molar-refractivity contribution is 0.123. The van der Waals surface area contributed by atoms with Crippen molar-refractivity contribution in [2.45, 2.75) is 59.5 Å². The summed E-state index contributed by atoms with van der Waals surface area (Å²) in [6, 6.07) is 1.88. The fraction of sp³-hybridized carbons (Fsp3) is 0.714. The molecule has 0 saturated carbocycles. The fourth-order valence-electron chi connectivity index (χ4n) is 1.52. The van der Waals surface area contributed by atoms with Crippen LogP contribution >= 0.6 is 0 Å². The van der Waals surface area contributed by atoms with Gasteiger partial charge in [-0.15, -0.1) is 0 Å². The third-order valence-corrected chi connectivity index (χ3v) is 2.19. The lowest BCUT2D eigenvalue weighted by atomic mass is 10.2. The van der Waals surface area contributed by atoms with Gasteiger partial charge < -0.3 is 10.1 Å². The third kappa shape index (κ3) is 5.34. The van der Waals surface area contributed by atoms with E-state index in [2.05, 4.69) is 29.1 Å². The van der Waals surface area contributed by atoms with Crippen LogP contribution in [0.15, 0.2) is 6.07 Å². The number of ether oxygens (including phenoxy) is 1. The number of nitrogens with one attached hydrogen (secondary N) is 1. The minimum Gasteiger partial charge on any atom is -0.472 e. The number of rotatable bonds is 6. The number of nitrogens with zero attached hydrogens (tertiary/aromatic N) is 2. The van der Waals surface area contributed by atoms with E-state index in [9.17, 15) is 0 Å². The van der Waals surface area contributed by atoms with Crippen molar-refractivity contribution >= 4 is 5.82 Å². The van der Waals surface area contributed by atoms with Crippen molar-refractivity contribution in [2.24, 2.45) is 0 Å². The number of aryl methyl sites for hydroxylation is 1. The molecule has 102 valence electrons. The van der Waals surface area contributed by atoms with Crippen LogP contribution in [0.4, 0.5) is 5.82 Å². The van der Waals surface area contributed by atoms with Crippen molar-refractivity contribution < 1.29 is 4.74 Å². The SMILES string of the molecule is CCCNc1cc(OC(C)(C)C)nc(CCC)n1. The van der Waals surface area contributed by atoms with E-state index in [1.54, 1.807) is 0 Å². The highest BCUT2D eigenvalue weighted by Crippen LogP contribution is 2.19. The Morgan fingerprint density at radius 3 is 2.44 bits per heavy atom. The first-order valence-electron chi connectivity index (χ1n) is 6.75. The summed E-state index contributed by atoms with van der Waals surface area (Å²) >= 11 is 0. The molecule has 1 aromatic heterocycles. The molecule has 4 nitrogen and oxygen atoms in total. The van der Waals surface area contributed by atoms with Crippen LogP contribution in [-0.4, -0.2) is 22.1 Å². The molecule has 1 heterocycles. The highest BCUT2D eigenvalue weighted by atomic mass is 16.5. The Bertz CT molecular complexity index is 372. The van der Waals surface area contributed by atoms with Crippen LogP contribution in [0.3, 0.4) is 0 Å². The lowest BCUT2D eigenvalue weighted by Crippen LogP contribution is -2.24. The quantitative estimate of drug-likeness (QED) is 0.841. The van der Waals surface area contributed by atoms with E-state index < -0.39 is 0 Å². The Morgan fingerprint density at radius 2 is 1.89 bits per heavy atom. The van der Waals surface area contributed by atoms with Crippen molar-refractivity contribution in [1.82, 2.24) is 9.97 Å². The minimum absolute atomic E-state index is 0.236. The molecule has 0 radical (unpaired) electrons. The molecule has 18 heavy (non-hydrogen) atoms. The van der Waals surface area contributed by atoms with Gasteiger partial charge in [-0.1, -0.05) is 13.8 Å². The fourth-order valence-corrected chi connectivity index (χ4v) is 1.52. The summed E-state index contributed by atoms with van der Waals surface area (Å²) in [4.78, 5) is 8.93. The summed E-state index contributed by atoms with van der Waals surface area (Å²) in [5, 5.41) is 3.29. The predicted octanol–water partition coefficient (Wildman–Crippen LogP) is 3.43. The molecule has 1 aromatic rings. The zero-order chi connectivity index (χ0) is 13.6. The Hall–Kier alpha value is -1.32. The molecule has 4 heteroatoms. The summed E-state index contributed by atoms with van der Waals surface area (Å²) < 4.78 is 5.82. The molecule has 1 N–H and O–H groups in total. The van der Waals surface area contributed by atoms with E-state index in [1.165, 1.54) is 0 Å². The van der Waals surface area contributed by atoms with Gasteiger partial charge in [0.1, 0.15) is 17.2 Å². The number of aromatic nitrogens is 2. The smallest absolute Gasteiger partial charge is 0.219 e. The van der Waals surface area contributed by atoms with Crippen LogP contribution in [0.1, 0.15) is 53.3 Å². The molecule has 0 atom stereocenters. The van der Waals surface area contributed by atoms with Crippen LogP contribution in [0.5, 0.6) is 5.88 Å². The van der Waals surface area contributed by atoms with Gasteiger partial charge in [0.05, 0.1) is 0 Å². The largest absolute Gasteiger partial charge is 0.472 e. The zero-order valence-electron chi connectivity index (χ0n) is 12.2. The highest BCUT2D eigenvalue weighted by molar-refractivity contribution is 5.38. The summed E-state index contributed by atoms with van der Waals surface area (Å²) in [6.07, 6.45) is 2.98. The monoisotopic (exact) mass is 251 g/mol. The summed E-state index contributed by atoms with van der Waals surface area (Å²) in [5.74, 6) is 2.35. The Labute approximate surface area is 110 Å². The van der Waals surface area contributed by atoms with Crippen LogP contribution < -0.4 is 10.1 Å². The maximum Gasteiger partial charge on any atom is 0.219 e. The van der Waals surface area contributed by atoms with E-state index in [4.69, 9.17) is 4.74 Å². The summed E-state index contributed by atoms with van der Waals surface area (Å²) in [7, 11) is 0. The molecule has 0 spiro atoms. The number of hydrogen-bond acceptors (Lipinski definition) is 4. The van der Waals surface area contributed by atoms with Gasteiger partial charge in [0, 0.05) is 19.0 Å². The average molecular weight is 251 g/mol. The molecule has 0 aliphatic rings. The summed E-state index contributed by atoms with van der Waals surface area (Å²) in [6.45, 7) is 11.2. The van der Waals surface area contributed by atoms with E-state index in [0.717, 1.165) is 37.4 Å². The molecule has 0 bridgehead atoms. The van der Waals surface area contributed by atoms with Crippen LogP contribution in [0, 0.1) is 0 Å². The molecule has 0 amide bonds. The molecule has 0 aromatic carbocycles. The van der Waals surface area contributed by atoms with Crippen molar-refractivity contribution in [2.75, 3.05) is 11.9 Å². The van der Waals surface area contributed by atoms with Gasteiger partial charge in [-0.2, -0.15) is 4.98 Å². The molecule has 0 aliphatic carbocycles. The van der Waals surface area contributed by atoms with Gasteiger partial charge in [-0.05, 0) is 33.6 Å².